The van der Waals surface area contributed by atoms with Crippen LogP contribution < -0.4 is 10.2 Å². The van der Waals surface area contributed by atoms with Crippen molar-refractivity contribution in [3.05, 3.63) is 29.6 Å². The van der Waals surface area contributed by atoms with Crippen molar-refractivity contribution in [3.63, 3.8) is 0 Å². The lowest BCUT2D eigenvalue weighted by atomic mass is 9.97. The summed E-state index contributed by atoms with van der Waals surface area (Å²) in [5.41, 5.74) is -2.62. The van der Waals surface area contributed by atoms with E-state index < -0.39 is 35.0 Å². The van der Waals surface area contributed by atoms with Crippen LogP contribution in [0, 0.1) is 5.82 Å². The van der Waals surface area contributed by atoms with Crippen LogP contribution in [0.3, 0.4) is 0 Å². The molecule has 0 aliphatic carbocycles. The number of benzene rings is 1. The summed E-state index contributed by atoms with van der Waals surface area (Å²) in [7, 11) is 0. The number of hydrogen-bond acceptors (Lipinski definition) is 2. The normalized spacial score (nSPS) is 18.7. The van der Waals surface area contributed by atoms with Crippen LogP contribution in [0.1, 0.15) is 25.8 Å². The minimum Gasteiger partial charge on any atom is -0.332 e. The first-order valence-corrected chi connectivity index (χ1v) is 6.03. The number of amides is 3. The molecule has 1 aromatic carbocycles. The van der Waals surface area contributed by atoms with E-state index in [4.69, 9.17) is 0 Å². The van der Waals surface area contributed by atoms with Crippen LogP contribution in [0.25, 0.3) is 0 Å². The summed E-state index contributed by atoms with van der Waals surface area (Å²) in [6, 6.07) is 1.15. The van der Waals surface area contributed by atoms with Gasteiger partial charge >= 0.3 is 12.2 Å². The number of halogens is 4. The van der Waals surface area contributed by atoms with Gasteiger partial charge in [0.05, 0.1) is 17.7 Å². The topological polar surface area (TPSA) is 49.4 Å². The molecular formula is C13H12F4N2O2. The van der Waals surface area contributed by atoms with Gasteiger partial charge in [0.25, 0.3) is 0 Å². The maximum atomic E-state index is 13.2. The van der Waals surface area contributed by atoms with E-state index in [2.05, 4.69) is 5.32 Å². The van der Waals surface area contributed by atoms with E-state index in [0.29, 0.717) is 17.0 Å². The van der Waals surface area contributed by atoms with Crippen LogP contribution in [-0.2, 0) is 11.0 Å². The van der Waals surface area contributed by atoms with Crippen molar-refractivity contribution in [1.29, 1.82) is 0 Å². The molecule has 1 N–H and O–H groups in total. The molecule has 3 amide bonds. The number of imide groups is 1. The first-order valence-electron chi connectivity index (χ1n) is 6.03. The van der Waals surface area contributed by atoms with Gasteiger partial charge in [-0.25, -0.2) is 14.1 Å². The van der Waals surface area contributed by atoms with Crippen LogP contribution in [0.15, 0.2) is 18.2 Å². The third kappa shape index (κ3) is 2.98. The van der Waals surface area contributed by atoms with E-state index in [1.54, 1.807) is 13.8 Å². The molecule has 0 bridgehead atoms. The summed E-state index contributed by atoms with van der Waals surface area (Å²) in [6.07, 6.45) is -4.98. The number of carbonyl (C=O) groups is 2. The van der Waals surface area contributed by atoms with E-state index >= 15 is 0 Å². The van der Waals surface area contributed by atoms with Crippen molar-refractivity contribution >= 4 is 17.6 Å². The van der Waals surface area contributed by atoms with Gasteiger partial charge in [-0.3, -0.25) is 4.79 Å². The Bertz CT molecular complexity index is 591. The first-order chi connectivity index (χ1) is 9.51. The summed E-state index contributed by atoms with van der Waals surface area (Å²) < 4.78 is 51.2. The van der Waals surface area contributed by atoms with Gasteiger partial charge in [0, 0.05) is 5.54 Å². The standard InChI is InChI=1S/C13H12F4N2O2/c1-12(2)6-10(20)19(11(21)18-12)7-3-4-9(14)8(5-7)13(15,16)17/h3-5H,6H2,1-2H3,(H,18,21). The molecule has 1 aliphatic heterocycles. The lowest BCUT2D eigenvalue weighted by Gasteiger charge is -2.36. The quantitative estimate of drug-likeness (QED) is 0.811. The molecule has 1 saturated heterocycles. The zero-order valence-corrected chi connectivity index (χ0v) is 11.2. The van der Waals surface area contributed by atoms with Gasteiger partial charge in [-0.05, 0) is 32.0 Å². The number of carbonyl (C=O) groups excluding carboxylic acids is 2. The van der Waals surface area contributed by atoms with E-state index in [9.17, 15) is 27.2 Å². The van der Waals surface area contributed by atoms with E-state index in [1.807, 2.05) is 0 Å². The van der Waals surface area contributed by atoms with E-state index in [1.165, 1.54) is 0 Å². The molecule has 8 heteroatoms. The molecular weight excluding hydrogens is 292 g/mol. The number of rotatable bonds is 1. The fourth-order valence-corrected chi connectivity index (χ4v) is 2.09. The fourth-order valence-electron chi connectivity index (χ4n) is 2.09. The highest BCUT2D eigenvalue weighted by Crippen LogP contribution is 2.34. The number of nitrogens with one attached hydrogen (secondary N) is 1. The molecule has 0 spiro atoms. The average Bonchev–Trinajstić information content (AvgIpc) is 2.27. The number of nitrogens with zero attached hydrogens (tertiary/aromatic N) is 1. The van der Waals surface area contributed by atoms with Crippen molar-refractivity contribution in [2.45, 2.75) is 32.0 Å². The maximum absolute atomic E-state index is 13.2. The number of anilines is 1. The minimum atomic E-state index is -4.91. The van der Waals surface area contributed by atoms with Gasteiger partial charge in [-0.15, -0.1) is 0 Å². The highest BCUT2D eigenvalue weighted by molar-refractivity contribution is 6.16. The van der Waals surface area contributed by atoms with Crippen molar-refractivity contribution in [2.75, 3.05) is 4.90 Å². The molecule has 114 valence electrons. The largest absolute Gasteiger partial charge is 0.419 e. The molecule has 1 heterocycles. The van der Waals surface area contributed by atoms with Gasteiger partial charge in [0.2, 0.25) is 5.91 Å². The minimum absolute atomic E-state index is 0.0720. The van der Waals surface area contributed by atoms with Crippen molar-refractivity contribution in [3.8, 4) is 0 Å². The van der Waals surface area contributed by atoms with Crippen LogP contribution in [-0.4, -0.2) is 17.5 Å². The summed E-state index contributed by atoms with van der Waals surface area (Å²) in [6.45, 7) is 3.23. The first kappa shape index (κ1) is 15.3. The van der Waals surface area contributed by atoms with Gasteiger partial charge in [-0.1, -0.05) is 0 Å². The molecule has 0 radical (unpaired) electrons. The van der Waals surface area contributed by atoms with Crippen LogP contribution >= 0.6 is 0 Å². The van der Waals surface area contributed by atoms with Gasteiger partial charge in [0.15, 0.2) is 0 Å². The Morgan fingerprint density at radius 2 is 1.86 bits per heavy atom. The summed E-state index contributed by atoms with van der Waals surface area (Å²) in [5, 5.41) is 2.50. The molecule has 0 saturated carbocycles. The predicted molar refractivity (Wildman–Crippen MR) is 66.1 cm³/mol. The van der Waals surface area contributed by atoms with Gasteiger partial charge < -0.3 is 5.32 Å². The SMILES string of the molecule is CC1(C)CC(=O)N(c2ccc(F)c(C(F)(F)F)c2)C(=O)N1. The Labute approximate surface area is 117 Å². The Kier molecular flexibility index (Phi) is 3.43. The third-order valence-electron chi connectivity index (χ3n) is 3.00. The predicted octanol–water partition coefficient (Wildman–Crippen LogP) is 3.07. The van der Waals surface area contributed by atoms with Gasteiger partial charge in [-0.2, -0.15) is 13.2 Å². The van der Waals surface area contributed by atoms with Crippen molar-refractivity contribution in [1.82, 2.24) is 5.32 Å². The second kappa shape index (κ2) is 4.71. The molecule has 0 aromatic heterocycles. The smallest absolute Gasteiger partial charge is 0.332 e. The summed E-state index contributed by atoms with van der Waals surface area (Å²) in [4.78, 5) is 24.4. The monoisotopic (exact) mass is 304 g/mol. The molecule has 1 aromatic rings. The Balaban J connectivity index is 2.43. The van der Waals surface area contributed by atoms with Gasteiger partial charge in [0.1, 0.15) is 5.82 Å². The second-order valence-corrected chi connectivity index (χ2v) is 5.38. The third-order valence-corrected chi connectivity index (χ3v) is 3.00. The Morgan fingerprint density at radius 1 is 1.24 bits per heavy atom. The maximum Gasteiger partial charge on any atom is 0.419 e. The van der Waals surface area contributed by atoms with Crippen LogP contribution in [0.4, 0.5) is 28.0 Å². The molecule has 21 heavy (non-hydrogen) atoms. The number of urea groups is 1. The number of alkyl halides is 3. The zero-order valence-electron chi connectivity index (χ0n) is 11.2. The summed E-state index contributed by atoms with van der Waals surface area (Å²) in [5.74, 6) is -2.11. The van der Waals surface area contributed by atoms with E-state index in [-0.39, 0.29) is 12.1 Å². The highest BCUT2D eigenvalue weighted by atomic mass is 19.4. The average molecular weight is 304 g/mol. The molecule has 0 unspecified atom stereocenters. The second-order valence-electron chi connectivity index (χ2n) is 5.38. The summed E-state index contributed by atoms with van der Waals surface area (Å²) >= 11 is 0. The lowest BCUT2D eigenvalue weighted by Crippen LogP contribution is -2.59. The molecule has 1 fully saturated rings. The molecule has 4 nitrogen and oxygen atoms in total. The van der Waals surface area contributed by atoms with Crippen LogP contribution in [0.5, 0.6) is 0 Å². The van der Waals surface area contributed by atoms with Crippen molar-refractivity contribution < 1.29 is 27.2 Å². The molecule has 1 aliphatic rings. The zero-order chi connectivity index (χ0) is 16.0. The molecule has 0 atom stereocenters. The Hall–Kier alpha value is -2.12. The van der Waals surface area contributed by atoms with Crippen molar-refractivity contribution in [2.24, 2.45) is 0 Å². The lowest BCUT2D eigenvalue weighted by molar-refractivity contribution is -0.140. The fraction of sp³-hybridized carbons (Fsp3) is 0.385. The van der Waals surface area contributed by atoms with E-state index in [0.717, 1.165) is 6.07 Å². The highest BCUT2D eigenvalue weighted by Gasteiger charge is 2.39. The van der Waals surface area contributed by atoms with Crippen LogP contribution in [0.2, 0.25) is 0 Å². The molecule has 2 rings (SSSR count). The Morgan fingerprint density at radius 3 is 2.38 bits per heavy atom. The number of hydrogen-bond donors (Lipinski definition) is 1.